The molecule has 0 aliphatic heterocycles. The lowest BCUT2D eigenvalue weighted by atomic mass is 9.88. The number of aliphatic carboxylic acids is 1. The molecule has 0 aromatic heterocycles. The SMILES string of the molecule is CCCCC[C@H](O)/C=C/C(CCc1cccc(CC)c1)=C(\C[C@H](O)CO)[C@H](CCCCCCC(=O)O)NC[C@H](C)O. The van der Waals surface area contributed by atoms with Crippen LogP contribution in [-0.2, 0) is 17.6 Å². The van der Waals surface area contributed by atoms with Gasteiger partial charge in [-0.15, -0.1) is 0 Å². The van der Waals surface area contributed by atoms with E-state index in [1.54, 1.807) is 6.92 Å². The Labute approximate surface area is 248 Å². The molecule has 0 radical (unpaired) electrons. The number of unbranched alkanes of at least 4 members (excludes halogenated alkanes) is 5. The van der Waals surface area contributed by atoms with Crippen molar-refractivity contribution in [2.24, 2.45) is 0 Å². The Balaban J connectivity index is 3.35. The van der Waals surface area contributed by atoms with Crippen LogP contribution >= 0.6 is 0 Å². The fraction of sp³-hybridized carbons (Fsp3) is 0.676. The molecule has 234 valence electrons. The van der Waals surface area contributed by atoms with E-state index in [1.807, 2.05) is 12.2 Å². The second kappa shape index (κ2) is 22.6. The average Bonchev–Trinajstić information content (AvgIpc) is 2.95. The van der Waals surface area contributed by atoms with Gasteiger partial charge in [0.25, 0.3) is 0 Å². The Morgan fingerprint density at radius 2 is 1.66 bits per heavy atom. The lowest BCUT2D eigenvalue weighted by Crippen LogP contribution is -2.37. The maximum atomic E-state index is 10.9. The highest BCUT2D eigenvalue weighted by Crippen LogP contribution is 2.26. The minimum atomic E-state index is -0.919. The van der Waals surface area contributed by atoms with Crippen LogP contribution in [0.25, 0.3) is 0 Å². The van der Waals surface area contributed by atoms with E-state index in [4.69, 9.17) is 5.11 Å². The van der Waals surface area contributed by atoms with Crippen LogP contribution in [0.4, 0.5) is 0 Å². The summed E-state index contributed by atoms with van der Waals surface area (Å²) in [6.07, 6.45) is 12.6. The fourth-order valence-electron chi connectivity index (χ4n) is 5.07. The molecule has 0 amide bonds. The van der Waals surface area contributed by atoms with Gasteiger partial charge >= 0.3 is 5.97 Å². The molecule has 7 heteroatoms. The molecule has 0 unspecified atom stereocenters. The monoisotopic (exact) mass is 575 g/mol. The van der Waals surface area contributed by atoms with Gasteiger partial charge in [0.05, 0.1) is 24.9 Å². The molecule has 1 rings (SSSR count). The molecule has 0 aliphatic rings. The van der Waals surface area contributed by atoms with E-state index in [0.717, 1.165) is 68.9 Å². The van der Waals surface area contributed by atoms with E-state index in [1.165, 1.54) is 11.1 Å². The topological polar surface area (TPSA) is 130 Å². The summed E-state index contributed by atoms with van der Waals surface area (Å²) in [6, 6.07) is 8.43. The highest BCUT2D eigenvalue weighted by atomic mass is 16.4. The molecule has 0 saturated heterocycles. The highest BCUT2D eigenvalue weighted by Gasteiger charge is 2.21. The molecular weight excluding hydrogens is 518 g/mol. The Kier molecular flexibility index (Phi) is 20.4. The minimum absolute atomic E-state index is 0.135. The van der Waals surface area contributed by atoms with E-state index in [0.29, 0.717) is 25.8 Å². The number of carbonyl (C=O) groups is 1. The number of aryl methyl sites for hydroxylation is 2. The van der Waals surface area contributed by atoms with Crippen molar-refractivity contribution in [1.82, 2.24) is 5.32 Å². The summed E-state index contributed by atoms with van der Waals surface area (Å²) in [5.74, 6) is -0.775. The number of hydrogen-bond acceptors (Lipinski definition) is 6. The second-order valence-electron chi connectivity index (χ2n) is 11.3. The summed E-state index contributed by atoms with van der Waals surface area (Å²) in [5.41, 5.74) is 4.53. The number of carboxylic acid groups (broad SMARTS) is 1. The Hall–Kier alpha value is -2.03. The van der Waals surface area contributed by atoms with Crippen LogP contribution in [0.2, 0.25) is 0 Å². The molecule has 0 bridgehead atoms. The van der Waals surface area contributed by atoms with Crippen molar-refractivity contribution in [2.45, 2.75) is 135 Å². The Bertz CT molecular complexity index is 897. The number of carboxylic acids is 1. The molecule has 0 heterocycles. The van der Waals surface area contributed by atoms with Crippen LogP contribution < -0.4 is 5.32 Å². The molecule has 1 aromatic rings. The molecule has 0 fully saturated rings. The summed E-state index contributed by atoms with van der Waals surface area (Å²) in [4.78, 5) is 10.9. The molecule has 41 heavy (non-hydrogen) atoms. The minimum Gasteiger partial charge on any atom is -0.481 e. The van der Waals surface area contributed by atoms with Crippen molar-refractivity contribution in [3.63, 3.8) is 0 Å². The number of rotatable bonds is 24. The summed E-state index contributed by atoms with van der Waals surface area (Å²) < 4.78 is 0. The molecule has 7 nitrogen and oxygen atoms in total. The van der Waals surface area contributed by atoms with Crippen molar-refractivity contribution >= 4 is 5.97 Å². The number of allylic oxidation sites excluding steroid dienone is 2. The van der Waals surface area contributed by atoms with Crippen LogP contribution in [-0.4, -0.2) is 69.0 Å². The first-order chi connectivity index (χ1) is 19.7. The molecule has 4 atom stereocenters. The smallest absolute Gasteiger partial charge is 0.303 e. The Morgan fingerprint density at radius 3 is 2.32 bits per heavy atom. The van der Waals surface area contributed by atoms with Crippen LogP contribution in [0.15, 0.2) is 47.6 Å². The van der Waals surface area contributed by atoms with Crippen molar-refractivity contribution in [3.8, 4) is 0 Å². The number of hydrogen-bond donors (Lipinski definition) is 6. The van der Waals surface area contributed by atoms with Crippen LogP contribution in [0.1, 0.15) is 109 Å². The molecular formula is C34H57NO6. The number of benzene rings is 1. The van der Waals surface area contributed by atoms with Gasteiger partial charge < -0.3 is 30.8 Å². The zero-order valence-electron chi connectivity index (χ0n) is 25.7. The summed E-state index contributed by atoms with van der Waals surface area (Å²) in [6.45, 7) is 6.05. The summed E-state index contributed by atoms with van der Waals surface area (Å²) >= 11 is 0. The van der Waals surface area contributed by atoms with Crippen LogP contribution in [0, 0.1) is 0 Å². The Morgan fingerprint density at radius 1 is 0.951 bits per heavy atom. The average molecular weight is 576 g/mol. The van der Waals surface area contributed by atoms with Gasteiger partial charge in [0.15, 0.2) is 0 Å². The quantitative estimate of drug-likeness (QED) is 0.0711. The third-order valence-corrected chi connectivity index (χ3v) is 7.50. The number of nitrogens with one attached hydrogen (secondary N) is 1. The van der Waals surface area contributed by atoms with E-state index in [-0.39, 0.29) is 25.5 Å². The first kappa shape index (κ1) is 37.0. The predicted molar refractivity (Wildman–Crippen MR) is 167 cm³/mol. The van der Waals surface area contributed by atoms with Gasteiger partial charge in [0.2, 0.25) is 0 Å². The molecule has 6 N–H and O–H groups in total. The molecule has 0 saturated carbocycles. The van der Waals surface area contributed by atoms with Gasteiger partial charge in [-0.2, -0.15) is 0 Å². The first-order valence-electron chi connectivity index (χ1n) is 15.8. The third kappa shape index (κ3) is 17.5. The zero-order chi connectivity index (χ0) is 30.5. The van der Waals surface area contributed by atoms with Gasteiger partial charge in [-0.05, 0) is 74.1 Å². The van der Waals surface area contributed by atoms with Gasteiger partial charge in [0.1, 0.15) is 0 Å². The maximum absolute atomic E-state index is 10.9. The first-order valence-corrected chi connectivity index (χ1v) is 15.8. The van der Waals surface area contributed by atoms with E-state index >= 15 is 0 Å². The van der Waals surface area contributed by atoms with Gasteiger partial charge in [0, 0.05) is 19.0 Å². The van der Waals surface area contributed by atoms with Gasteiger partial charge in [-0.1, -0.05) is 88.8 Å². The predicted octanol–water partition coefficient (Wildman–Crippen LogP) is 5.48. The standard InChI is InChI=1S/C34H57NO6/c1-4-6-9-15-30(38)21-20-29(19-18-28-14-12-13-27(5-2)22-28)32(23-31(39)25-36)33(35-24-26(3)37)16-10-7-8-11-17-34(40)41/h12-14,20-22,26,30-31,33,35-39H,4-11,15-19,23-25H2,1-3H3,(H,40,41)/b21-20+,32-29+/t26-,30-,31-,33-/m0/s1. The summed E-state index contributed by atoms with van der Waals surface area (Å²) in [5, 5.41) is 53.5. The number of aliphatic hydroxyl groups is 4. The fourth-order valence-corrected chi connectivity index (χ4v) is 5.07. The van der Waals surface area contributed by atoms with Crippen molar-refractivity contribution in [2.75, 3.05) is 13.2 Å². The normalized spacial score (nSPS) is 15.5. The van der Waals surface area contributed by atoms with E-state index in [2.05, 4.69) is 43.4 Å². The zero-order valence-corrected chi connectivity index (χ0v) is 25.7. The van der Waals surface area contributed by atoms with Crippen molar-refractivity contribution < 1.29 is 30.3 Å². The lowest BCUT2D eigenvalue weighted by molar-refractivity contribution is -0.137. The van der Waals surface area contributed by atoms with Gasteiger partial charge in [-0.3, -0.25) is 4.79 Å². The van der Waals surface area contributed by atoms with Crippen molar-refractivity contribution in [3.05, 3.63) is 58.7 Å². The maximum Gasteiger partial charge on any atom is 0.303 e. The van der Waals surface area contributed by atoms with Crippen LogP contribution in [0.3, 0.4) is 0 Å². The summed E-state index contributed by atoms with van der Waals surface area (Å²) in [7, 11) is 0. The molecule has 1 aromatic carbocycles. The second-order valence-corrected chi connectivity index (χ2v) is 11.3. The van der Waals surface area contributed by atoms with Crippen molar-refractivity contribution in [1.29, 1.82) is 0 Å². The molecule has 0 spiro atoms. The third-order valence-electron chi connectivity index (χ3n) is 7.50. The molecule has 0 aliphatic carbocycles. The van der Waals surface area contributed by atoms with Crippen LogP contribution in [0.5, 0.6) is 0 Å². The lowest BCUT2D eigenvalue weighted by Gasteiger charge is -2.27. The van der Waals surface area contributed by atoms with Gasteiger partial charge in [-0.25, -0.2) is 0 Å². The van der Waals surface area contributed by atoms with E-state index < -0.39 is 24.3 Å². The number of aliphatic hydroxyl groups excluding tert-OH is 4. The highest BCUT2D eigenvalue weighted by molar-refractivity contribution is 5.66. The largest absolute Gasteiger partial charge is 0.481 e. The van der Waals surface area contributed by atoms with E-state index in [9.17, 15) is 25.2 Å².